The molecule has 4 heteroatoms. The molecule has 0 aliphatic heterocycles. The Labute approximate surface area is 88.6 Å². The Morgan fingerprint density at radius 2 is 2.00 bits per heavy atom. The maximum Gasteiger partial charge on any atom is 0.320 e. The smallest absolute Gasteiger partial charge is 0.320 e. The fourth-order valence-electron chi connectivity index (χ4n) is 1.28. The van der Waals surface area contributed by atoms with Crippen LogP contribution in [0, 0.1) is 0 Å². The second kappa shape index (κ2) is 6.16. The monoisotopic (exact) mass is 209 g/mol. The summed E-state index contributed by atoms with van der Waals surface area (Å²) in [5.74, 6) is -0.931. The second-order valence-electron chi connectivity index (χ2n) is 3.27. The molecule has 0 amide bonds. The average Bonchev–Trinajstić information content (AvgIpc) is 2.25. The van der Waals surface area contributed by atoms with E-state index in [2.05, 4.69) is 5.32 Å². The predicted molar refractivity (Wildman–Crippen MR) is 56.4 cm³/mol. The van der Waals surface area contributed by atoms with Gasteiger partial charge in [-0.2, -0.15) is 0 Å². The molecule has 82 valence electrons. The summed E-state index contributed by atoms with van der Waals surface area (Å²) >= 11 is 0. The van der Waals surface area contributed by atoms with Crippen molar-refractivity contribution in [3.8, 4) is 0 Å². The van der Waals surface area contributed by atoms with Crippen LogP contribution in [0.15, 0.2) is 30.3 Å². The van der Waals surface area contributed by atoms with Crippen LogP contribution in [0.1, 0.15) is 12.0 Å². The summed E-state index contributed by atoms with van der Waals surface area (Å²) in [6.07, 6.45) is 0.224. The van der Waals surface area contributed by atoms with Gasteiger partial charge >= 0.3 is 5.97 Å². The first-order valence-electron chi connectivity index (χ1n) is 4.85. The third-order valence-corrected chi connectivity index (χ3v) is 2.11. The quantitative estimate of drug-likeness (QED) is 0.642. The van der Waals surface area contributed by atoms with Crippen molar-refractivity contribution in [3.05, 3.63) is 35.9 Å². The Hall–Kier alpha value is -1.39. The fraction of sp³-hybridized carbons (Fsp3) is 0.364. The molecule has 1 aromatic carbocycles. The van der Waals surface area contributed by atoms with Crippen LogP contribution in [0.4, 0.5) is 0 Å². The van der Waals surface area contributed by atoms with Gasteiger partial charge in [0, 0.05) is 13.2 Å². The van der Waals surface area contributed by atoms with Crippen LogP contribution < -0.4 is 5.32 Å². The number of carbonyl (C=O) groups is 1. The zero-order chi connectivity index (χ0) is 11.1. The third-order valence-electron chi connectivity index (χ3n) is 2.11. The molecule has 0 spiro atoms. The predicted octanol–water partition coefficient (Wildman–Crippen LogP) is 0.612. The molecular formula is C11H15NO3. The highest BCUT2D eigenvalue weighted by atomic mass is 16.4. The van der Waals surface area contributed by atoms with Crippen molar-refractivity contribution in [1.82, 2.24) is 5.32 Å². The van der Waals surface area contributed by atoms with Crippen molar-refractivity contribution in [2.24, 2.45) is 0 Å². The van der Waals surface area contributed by atoms with E-state index in [0.717, 1.165) is 5.56 Å². The van der Waals surface area contributed by atoms with Crippen LogP contribution in [0.25, 0.3) is 0 Å². The van der Waals surface area contributed by atoms with E-state index >= 15 is 0 Å². The summed E-state index contributed by atoms with van der Waals surface area (Å²) in [6, 6.07) is 8.87. The lowest BCUT2D eigenvalue weighted by molar-refractivity contribution is -0.139. The van der Waals surface area contributed by atoms with Gasteiger partial charge in [-0.05, 0) is 12.0 Å². The number of hydrogen-bond donors (Lipinski definition) is 3. The lowest BCUT2D eigenvalue weighted by Crippen LogP contribution is -2.36. The van der Waals surface area contributed by atoms with Crippen LogP contribution in [-0.2, 0) is 11.3 Å². The lowest BCUT2D eigenvalue weighted by atomic mass is 10.2. The molecule has 1 atom stereocenters. The van der Waals surface area contributed by atoms with E-state index in [1.54, 1.807) is 0 Å². The van der Waals surface area contributed by atoms with E-state index in [9.17, 15) is 4.79 Å². The van der Waals surface area contributed by atoms with Crippen molar-refractivity contribution >= 4 is 5.97 Å². The molecule has 0 heterocycles. The van der Waals surface area contributed by atoms with Crippen molar-refractivity contribution in [2.75, 3.05) is 6.61 Å². The zero-order valence-electron chi connectivity index (χ0n) is 8.39. The van der Waals surface area contributed by atoms with Crippen LogP contribution >= 0.6 is 0 Å². The van der Waals surface area contributed by atoms with E-state index < -0.39 is 12.0 Å². The van der Waals surface area contributed by atoms with Gasteiger partial charge in [0.25, 0.3) is 0 Å². The maximum atomic E-state index is 10.7. The molecule has 1 aromatic rings. The number of aliphatic hydroxyl groups excluding tert-OH is 1. The standard InChI is InChI=1S/C11H15NO3/c13-7-6-10(11(14)15)12-8-9-4-2-1-3-5-9/h1-5,10,12-13H,6-8H2,(H,14,15)/t10-/m1/s1. The molecular weight excluding hydrogens is 194 g/mol. The Balaban J connectivity index is 2.43. The van der Waals surface area contributed by atoms with E-state index in [1.807, 2.05) is 30.3 Å². The van der Waals surface area contributed by atoms with Gasteiger partial charge in [-0.1, -0.05) is 30.3 Å². The molecule has 0 aliphatic rings. The highest BCUT2D eigenvalue weighted by molar-refractivity contribution is 5.73. The van der Waals surface area contributed by atoms with E-state index in [1.165, 1.54) is 0 Å². The van der Waals surface area contributed by atoms with Crippen molar-refractivity contribution in [2.45, 2.75) is 19.0 Å². The molecule has 1 rings (SSSR count). The summed E-state index contributed by atoms with van der Waals surface area (Å²) in [5, 5.41) is 20.4. The topological polar surface area (TPSA) is 69.6 Å². The van der Waals surface area contributed by atoms with Gasteiger partial charge in [0.1, 0.15) is 6.04 Å². The van der Waals surface area contributed by atoms with Crippen LogP contribution in [0.5, 0.6) is 0 Å². The van der Waals surface area contributed by atoms with E-state index in [-0.39, 0.29) is 13.0 Å². The van der Waals surface area contributed by atoms with Crippen LogP contribution in [0.2, 0.25) is 0 Å². The third kappa shape index (κ3) is 4.10. The van der Waals surface area contributed by atoms with Crippen molar-refractivity contribution in [3.63, 3.8) is 0 Å². The number of hydrogen-bond acceptors (Lipinski definition) is 3. The Morgan fingerprint density at radius 3 is 2.53 bits per heavy atom. The number of nitrogens with one attached hydrogen (secondary N) is 1. The molecule has 15 heavy (non-hydrogen) atoms. The number of benzene rings is 1. The van der Waals surface area contributed by atoms with Gasteiger partial charge in [0.05, 0.1) is 0 Å². The highest BCUT2D eigenvalue weighted by Crippen LogP contribution is 1.99. The summed E-state index contributed by atoms with van der Waals surface area (Å²) in [7, 11) is 0. The first-order valence-corrected chi connectivity index (χ1v) is 4.85. The number of aliphatic carboxylic acids is 1. The van der Waals surface area contributed by atoms with Gasteiger partial charge in [-0.25, -0.2) is 0 Å². The summed E-state index contributed by atoms with van der Waals surface area (Å²) in [5.41, 5.74) is 1.03. The molecule has 0 saturated heterocycles. The minimum Gasteiger partial charge on any atom is -0.480 e. The molecule has 0 fully saturated rings. The average molecular weight is 209 g/mol. The van der Waals surface area contributed by atoms with Gasteiger partial charge in [0.15, 0.2) is 0 Å². The Morgan fingerprint density at radius 1 is 1.33 bits per heavy atom. The van der Waals surface area contributed by atoms with Crippen LogP contribution in [-0.4, -0.2) is 28.8 Å². The molecule has 0 aliphatic carbocycles. The summed E-state index contributed by atoms with van der Waals surface area (Å²) in [6.45, 7) is 0.372. The SMILES string of the molecule is O=C(O)[C@@H](CCO)NCc1ccccc1. The van der Waals surface area contributed by atoms with Crippen molar-refractivity contribution < 1.29 is 15.0 Å². The number of aliphatic hydroxyl groups is 1. The molecule has 0 aromatic heterocycles. The Bertz CT molecular complexity index is 300. The lowest BCUT2D eigenvalue weighted by Gasteiger charge is -2.12. The first kappa shape index (κ1) is 11.7. The minimum atomic E-state index is -0.931. The summed E-state index contributed by atoms with van der Waals surface area (Å²) < 4.78 is 0. The highest BCUT2D eigenvalue weighted by Gasteiger charge is 2.15. The largest absolute Gasteiger partial charge is 0.480 e. The normalized spacial score (nSPS) is 12.3. The van der Waals surface area contributed by atoms with Gasteiger partial charge in [0.2, 0.25) is 0 Å². The van der Waals surface area contributed by atoms with Gasteiger partial charge in [-0.3, -0.25) is 4.79 Å². The second-order valence-corrected chi connectivity index (χ2v) is 3.27. The molecule has 3 N–H and O–H groups in total. The first-order chi connectivity index (χ1) is 7.24. The Kier molecular flexibility index (Phi) is 4.80. The number of carboxylic acids is 1. The van der Waals surface area contributed by atoms with Gasteiger partial charge in [-0.15, -0.1) is 0 Å². The number of carboxylic acid groups (broad SMARTS) is 1. The summed E-state index contributed by atoms with van der Waals surface area (Å²) in [4.78, 5) is 10.7. The van der Waals surface area contributed by atoms with Gasteiger partial charge < -0.3 is 15.5 Å². The molecule has 4 nitrogen and oxygen atoms in total. The van der Waals surface area contributed by atoms with E-state index in [4.69, 9.17) is 10.2 Å². The number of rotatable bonds is 6. The molecule has 0 unspecified atom stereocenters. The molecule has 0 bridgehead atoms. The fourth-order valence-corrected chi connectivity index (χ4v) is 1.28. The maximum absolute atomic E-state index is 10.7. The minimum absolute atomic E-state index is 0.126. The molecule has 0 saturated carbocycles. The van der Waals surface area contributed by atoms with Crippen molar-refractivity contribution in [1.29, 1.82) is 0 Å². The van der Waals surface area contributed by atoms with E-state index in [0.29, 0.717) is 6.54 Å². The van der Waals surface area contributed by atoms with Crippen LogP contribution in [0.3, 0.4) is 0 Å². The molecule has 0 radical (unpaired) electrons. The zero-order valence-corrected chi connectivity index (χ0v) is 8.39.